The van der Waals surface area contributed by atoms with Crippen molar-refractivity contribution in [3.8, 4) is 0 Å². The summed E-state index contributed by atoms with van der Waals surface area (Å²) in [7, 11) is 1.50. The fourth-order valence-corrected chi connectivity index (χ4v) is 2.92. The lowest BCUT2D eigenvalue weighted by atomic mass is 10.0. The molecule has 0 radical (unpaired) electrons. The third-order valence-corrected chi connectivity index (χ3v) is 4.52. The Labute approximate surface area is 150 Å². The van der Waals surface area contributed by atoms with Crippen LogP contribution >= 0.6 is 11.3 Å². The van der Waals surface area contributed by atoms with Crippen molar-refractivity contribution in [1.29, 1.82) is 0 Å². The number of likely N-dealkylation sites (N-methyl/N-ethyl adjacent to an activating group) is 1. The van der Waals surface area contributed by atoms with Crippen molar-refractivity contribution in [2.24, 2.45) is 0 Å². The average molecular weight is 359 g/mol. The monoisotopic (exact) mass is 359 g/mol. The molecule has 3 N–H and O–H groups in total. The van der Waals surface area contributed by atoms with Crippen LogP contribution in [0.5, 0.6) is 0 Å². The zero-order valence-corrected chi connectivity index (χ0v) is 14.9. The van der Waals surface area contributed by atoms with Gasteiger partial charge in [-0.05, 0) is 23.9 Å². The lowest BCUT2D eigenvalue weighted by Crippen LogP contribution is -2.53. The zero-order valence-electron chi connectivity index (χ0n) is 14.1. The van der Waals surface area contributed by atoms with Gasteiger partial charge in [-0.1, -0.05) is 36.4 Å². The first-order valence-electron chi connectivity index (χ1n) is 7.91. The first-order valence-corrected chi connectivity index (χ1v) is 8.79. The van der Waals surface area contributed by atoms with Gasteiger partial charge in [0.25, 0.3) is 5.91 Å². The van der Waals surface area contributed by atoms with Gasteiger partial charge in [0.05, 0.1) is 4.88 Å². The third kappa shape index (κ3) is 5.42. The van der Waals surface area contributed by atoms with Gasteiger partial charge in [-0.25, -0.2) is 0 Å². The Hall–Kier alpha value is -2.67. The van der Waals surface area contributed by atoms with E-state index in [0.29, 0.717) is 11.3 Å². The molecule has 2 rings (SSSR count). The molecule has 2 atom stereocenters. The molecular formula is C18H21N3O3S. The van der Waals surface area contributed by atoms with Crippen LogP contribution in [0.4, 0.5) is 0 Å². The predicted molar refractivity (Wildman–Crippen MR) is 97.4 cm³/mol. The number of hydrogen-bond donors (Lipinski definition) is 3. The van der Waals surface area contributed by atoms with Crippen LogP contribution in [-0.2, 0) is 16.0 Å². The molecule has 0 bridgehead atoms. The van der Waals surface area contributed by atoms with Crippen LogP contribution < -0.4 is 16.0 Å². The molecule has 2 unspecified atom stereocenters. The van der Waals surface area contributed by atoms with Gasteiger partial charge in [-0.3, -0.25) is 14.4 Å². The van der Waals surface area contributed by atoms with Crippen molar-refractivity contribution in [3.63, 3.8) is 0 Å². The number of carbonyl (C=O) groups is 3. The van der Waals surface area contributed by atoms with Crippen molar-refractivity contribution in [2.45, 2.75) is 25.4 Å². The van der Waals surface area contributed by atoms with E-state index in [1.165, 1.54) is 18.4 Å². The number of amides is 3. The minimum absolute atomic E-state index is 0.295. The van der Waals surface area contributed by atoms with Crippen LogP contribution in [0.1, 0.15) is 22.2 Å². The summed E-state index contributed by atoms with van der Waals surface area (Å²) in [6, 6.07) is 11.4. The molecule has 132 valence electrons. The van der Waals surface area contributed by atoms with Crippen molar-refractivity contribution < 1.29 is 14.4 Å². The van der Waals surface area contributed by atoms with Crippen LogP contribution in [0.2, 0.25) is 0 Å². The number of thiophene rings is 1. The van der Waals surface area contributed by atoms with E-state index in [0.717, 1.165) is 5.56 Å². The Balaban J connectivity index is 2.11. The van der Waals surface area contributed by atoms with Gasteiger partial charge in [-0.15, -0.1) is 11.3 Å². The third-order valence-electron chi connectivity index (χ3n) is 3.65. The summed E-state index contributed by atoms with van der Waals surface area (Å²) in [4.78, 5) is 37.1. The molecule has 3 amide bonds. The predicted octanol–water partition coefficient (Wildman–Crippen LogP) is 1.34. The van der Waals surface area contributed by atoms with E-state index in [1.54, 1.807) is 24.4 Å². The summed E-state index contributed by atoms with van der Waals surface area (Å²) in [5.41, 5.74) is 0.918. The summed E-state index contributed by atoms with van der Waals surface area (Å²) >= 11 is 1.31. The number of rotatable bonds is 7. The molecule has 7 heteroatoms. The number of nitrogens with one attached hydrogen (secondary N) is 3. The molecule has 0 spiro atoms. The maximum atomic E-state index is 12.6. The largest absolute Gasteiger partial charge is 0.357 e. The van der Waals surface area contributed by atoms with Crippen molar-refractivity contribution >= 4 is 29.1 Å². The Morgan fingerprint density at radius 1 is 1.00 bits per heavy atom. The van der Waals surface area contributed by atoms with E-state index >= 15 is 0 Å². The number of carbonyl (C=O) groups excluding carboxylic acids is 3. The van der Waals surface area contributed by atoms with Gasteiger partial charge >= 0.3 is 0 Å². The molecule has 0 saturated heterocycles. The summed E-state index contributed by atoms with van der Waals surface area (Å²) in [5.74, 6) is -1.00. The topological polar surface area (TPSA) is 87.3 Å². The molecular weight excluding hydrogens is 338 g/mol. The SMILES string of the molecule is CNC(=O)C(C)NC(=O)C(Cc1ccccc1)NC(=O)c1cccs1. The second-order valence-corrected chi connectivity index (χ2v) is 6.49. The Kier molecular flexibility index (Phi) is 6.71. The van der Waals surface area contributed by atoms with Crippen LogP contribution in [0.3, 0.4) is 0 Å². The molecule has 2 aromatic rings. The van der Waals surface area contributed by atoms with Crippen LogP contribution in [-0.4, -0.2) is 36.9 Å². The second kappa shape index (κ2) is 8.98. The summed E-state index contributed by atoms with van der Waals surface area (Å²) in [5, 5.41) is 9.68. The van der Waals surface area contributed by atoms with Crippen molar-refractivity contribution in [1.82, 2.24) is 16.0 Å². The van der Waals surface area contributed by atoms with E-state index in [1.807, 2.05) is 30.3 Å². The summed E-state index contributed by atoms with van der Waals surface area (Å²) in [6.07, 6.45) is 0.338. The van der Waals surface area contributed by atoms with Crippen molar-refractivity contribution in [3.05, 3.63) is 58.3 Å². The minimum atomic E-state index is -0.774. The highest BCUT2D eigenvalue weighted by molar-refractivity contribution is 7.12. The molecule has 0 saturated carbocycles. The average Bonchev–Trinajstić information content (AvgIpc) is 3.16. The first-order chi connectivity index (χ1) is 12.0. The highest BCUT2D eigenvalue weighted by Gasteiger charge is 2.25. The molecule has 25 heavy (non-hydrogen) atoms. The van der Waals surface area contributed by atoms with E-state index in [2.05, 4.69) is 16.0 Å². The van der Waals surface area contributed by atoms with Crippen LogP contribution in [0, 0.1) is 0 Å². The Bertz CT molecular complexity index is 716. The maximum Gasteiger partial charge on any atom is 0.262 e. The molecule has 1 heterocycles. The van der Waals surface area contributed by atoms with Gasteiger partial charge in [0.15, 0.2) is 0 Å². The highest BCUT2D eigenvalue weighted by Crippen LogP contribution is 2.10. The molecule has 1 aromatic heterocycles. The van der Waals surface area contributed by atoms with E-state index in [4.69, 9.17) is 0 Å². The van der Waals surface area contributed by atoms with E-state index < -0.39 is 18.0 Å². The van der Waals surface area contributed by atoms with Crippen LogP contribution in [0.15, 0.2) is 47.8 Å². The van der Waals surface area contributed by atoms with Crippen LogP contribution in [0.25, 0.3) is 0 Å². The van der Waals surface area contributed by atoms with Gasteiger partial charge in [-0.2, -0.15) is 0 Å². The summed E-state index contributed by atoms with van der Waals surface area (Å²) in [6.45, 7) is 1.59. The minimum Gasteiger partial charge on any atom is -0.357 e. The van der Waals surface area contributed by atoms with Crippen molar-refractivity contribution in [2.75, 3.05) is 7.05 Å². The fraction of sp³-hybridized carbons (Fsp3) is 0.278. The molecule has 0 fully saturated rings. The quantitative estimate of drug-likeness (QED) is 0.697. The molecule has 6 nitrogen and oxygen atoms in total. The molecule has 0 aliphatic heterocycles. The standard InChI is InChI=1S/C18H21N3O3S/c1-12(16(22)19-2)20-17(23)14(11-13-7-4-3-5-8-13)21-18(24)15-9-6-10-25-15/h3-10,12,14H,11H2,1-2H3,(H,19,22)(H,20,23)(H,21,24). The zero-order chi connectivity index (χ0) is 18.2. The first kappa shape index (κ1) is 18.7. The van der Waals surface area contributed by atoms with Gasteiger partial charge in [0.1, 0.15) is 12.1 Å². The number of hydrogen-bond acceptors (Lipinski definition) is 4. The highest BCUT2D eigenvalue weighted by atomic mass is 32.1. The van der Waals surface area contributed by atoms with Gasteiger partial charge in [0.2, 0.25) is 11.8 Å². The van der Waals surface area contributed by atoms with Gasteiger partial charge in [0, 0.05) is 13.5 Å². The summed E-state index contributed by atoms with van der Waals surface area (Å²) < 4.78 is 0. The van der Waals surface area contributed by atoms with E-state index in [-0.39, 0.29) is 11.8 Å². The lowest BCUT2D eigenvalue weighted by molar-refractivity contribution is -0.129. The maximum absolute atomic E-state index is 12.6. The lowest BCUT2D eigenvalue weighted by Gasteiger charge is -2.20. The smallest absolute Gasteiger partial charge is 0.262 e. The fourth-order valence-electron chi connectivity index (χ4n) is 2.29. The normalized spacial score (nSPS) is 12.7. The Morgan fingerprint density at radius 2 is 1.72 bits per heavy atom. The second-order valence-electron chi connectivity index (χ2n) is 5.54. The van der Waals surface area contributed by atoms with E-state index in [9.17, 15) is 14.4 Å². The molecule has 0 aliphatic rings. The Morgan fingerprint density at radius 3 is 2.32 bits per heavy atom. The molecule has 0 aliphatic carbocycles. The molecule has 1 aromatic carbocycles. The number of benzene rings is 1. The van der Waals surface area contributed by atoms with Gasteiger partial charge < -0.3 is 16.0 Å².